The van der Waals surface area contributed by atoms with Crippen molar-refractivity contribution in [2.24, 2.45) is 0 Å². The number of carbonyl (C=O) groups excluding carboxylic acids is 1. The Kier molecular flexibility index (Phi) is 5.84. The quantitative estimate of drug-likeness (QED) is 0.522. The van der Waals surface area contributed by atoms with Crippen LogP contribution in [0.2, 0.25) is 0 Å². The van der Waals surface area contributed by atoms with E-state index in [-0.39, 0.29) is 13.1 Å². The highest BCUT2D eigenvalue weighted by Crippen LogP contribution is 2.37. The summed E-state index contributed by atoms with van der Waals surface area (Å²) >= 11 is 0. The van der Waals surface area contributed by atoms with Crippen LogP contribution >= 0.6 is 0 Å². The van der Waals surface area contributed by atoms with Crippen LogP contribution in [0.4, 0.5) is 31.1 Å². The summed E-state index contributed by atoms with van der Waals surface area (Å²) in [5.74, 6) is -1.59. The van der Waals surface area contributed by atoms with Gasteiger partial charge in [0.05, 0.1) is 23.5 Å². The van der Waals surface area contributed by atoms with E-state index in [1.54, 1.807) is 20.8 Å². The topological polar surface area (TPSA) is 32.8 Å². The predicted molar refractivity (Wildman–Crippen MR) is 79.3 cm³/mol. The van der Waals surface area contributed by atoms with Crippen molar-refractivity contribution >= 4 is 29.6 Å². The summed E-state index contributed by atoms with van der Waals surface area (Å²) in [7, 11) is 17.4. The molecule has 13 heteroatoms. The van der Waals surface area contributed by atoms with Gasteiger partial charge in [-0.1, -0.05) is 0 Å². The van der Waals surface area contributed by atoms with E-state index >= 15 is 0 Å². The first kappa shape index (κ1) is 22.0. The Morgan fingerprint density at radius 1 is 1.08 bits per heavy atom. The lowest BCUT2D eigenvalue weighted by atomic mass is 9.49. The van der Waals surface area contributed by atoms with Crippen molar-refractivity contribution in [3.05, 3.63) is 0 Å². The lowest BCUT2D eigenvalue weighted by Crippen LogP contribution is -2.74. The summed E-state index contributed by atoms with van der Waals surface area (Å²) in [4.78, 5) is 13.8. The summed E-state index contributed by atoms with van der Waals surface area (Å²) in [5, 5.41) is -1.89. The van der Waals surface area contributed by atoms with E-state index < -0.39 is 41.4 Å². The fourth-order valence-corrected chi connectivity index (χ4v) is 2.56. The molecule has 1 atom stereocenters. The highest BCUT2D eigenvalue weighted by molar-refractivity contribution is 6.44. The van der Waals surface area contributed by atoms with Crippen molar-refractivity contribution in [2.75, 3.05) is 13.1 Å². The molecule has 1 rings (SSSR count). The standard InChI is InChI=1S/C12H15B3F6N2O2/c1-9(2,3)23-5-4-22(7(13)10(23,14)15)8(24)25-6(11(16,17)18)12(19,20)21/h6-7H,4-5H2,1-3H3. The number of piperazine rings is 1. The van der Waals surface area contributed by atoms with Crippen molar-refractivity contribution < 1.29 is 35.9 Å². The molecule has 0 bridgehead atoms. The minimum absolute atomic E-state index is 0.0258. The van der Waals surface area contributed by atoms with E-state index in [2.05, 4.69) is 4.74 Å². The minimum Gasteiger partial charge on any atom is -0.426 e. The molecule has 1 amide bonds. The molecule has 0 N–H and O–H groups in total. The predicted octanol–water partition coefficient (Wildman–Crippen LogP) is 1.52. The molecule has 0 aromatic heterocycles. The summed E-state index contributed by atoms with van der Waals surface area (Å²) in [6, 6.07) is 0. The van der Waals surface area contributed by atoms with Gasteiger partial charge in [0, 0.05) is 18.6 Å². The number of ether oxygens (including phenoxy) is 1. The van der Waals surface area contributed by atoms with Gasteiger partial charge in [-0.25, -0.2) is 4.79 Å². The number of carbonyl (C=O) groups is 1. The Morgan fingerprint density at radius 3 is 1.88 bits per heavy atom. The van der Waals surface area contributed by atoms with Gasteiger partial charge in [-0.2, -0.15) is 26.3 Å². The van der Waals surface area contributed by atoms with Gasteiger partial charge in [0.1, 0.15) is 0 Å². The lowest BCUT2D eigenvalue weighted by molar-refractivity contribution is -0.308. The summed E-state index contributed by atoms with van der Waals surface area (Å²) in [6.07, 6.45) is -17.8. The number of rotatable bonds is 1. The molecule has 1 aliphatic heterocycles. The van der Waals surface area contributed by atoms with Gasteiger partial charge in [0.2, 0.25) is 0 Å². The Balaban J connectivity index is 3.01. The van der Waals surface area contributed by atoms with Crippen molar-refractivity contribution in [1.29, 1.82) is 0 Å². The average Bonchev–Trinajstić information content (AvgIpc) is 2.34. The molecule has 0 saturated carbocycles. The molecule has 1 saturated heterocycles. The van der Waals surface area contributed by atoms with Gasteiger partial charge in [-0.3, -0.25) is 0 Å². The van der Waals surface area contributed by atoms with E-state index in [1.165, 1.54) is 4.90 Å². The minimum atomic E-state index is -5.83. The zero-order chi connectivity index (χ0) is 20.0. The summed E-state index contributed by atoms with van der Waals surface area (Å²) in [5.41, 5.74) is -0.614. The monoisotopic (exact) mass is 366 g/mol. The maximum atomic E-state index is 12.5. The first-order valence-electron chi connectivity index (χ1n) is 7.12. The molecule has 1 heterocycles. The van der Waals surface area contributed by atoms with Crippen molar-refractivity contribution in [3.63, 3.8) is 0 Å². The molecule has 0 aromatic carbocycles. The maximum absolute atomic E-state index is 12.5. The smallest absolute Gasteiger partial charge is 0.426 e. The zero-order valence-corrected chi connectivity index (χ0v) is 13.8. The van der Waals surface area contributed by atoms with Crippen LogP contribution in [0.25, 0.3) is 0 Å². The number of halogens is 6. The van der Waals surface area contributed by atoms with E-state index in [0.717, 1.165) is 0 Å². The third kappa shape index (κ3) is 4.80. The van der Waals surface area contributed by atoms with Gasteiger partial charge in [-0.15, -0.1) is 0 Å². The molecule has 0 spiro atoms. The molecule has 0 aromatic rings. The van der Waals surface area contributed by atoms with Crippen LogP contribution in [0, 0.1) is 0 Å². The molecule has 1 aliphatic rings. The highest BCUT2D eigenvalue weighted by atomic mass is 19.4. The van der Waals surface area contributed by atoms with E-state index in [9.17, 15) is 31.1 Å². The fraction of sp³-hybridized carbons (Fsp3) is 0.917. The molecule has 6 radical (unpaired) electrons. The molecule has 136 valence electrons. The molecular weight excluding hydrogens is 351 g/mol. The van der Waals surface area contributed by atoms with Crippen molar-refractivity contribution in [2.45, 2.75) is 56.0 Å². The van der Waals surface area contributed by atoms with E-state index in [4.69, 9.17) is 23.5 Å². The Hall–Kier alpha value is -0.995. The maximum Gasteiger partial charge on any atom is 0.434 e. The van der Waals surface area contributed by atoms with Gasteiger partial charge in [-0.05, 0) is 32.1 Å². The van der Waals surface area contributed by atoms with Crippen molar-refractivity contribution in [3.8, 4) is 0 Å². The second-order valence-electron chi connectivity index (χ2n) is 6.70. The third-order valence-corrected chi connectivity index (χ3v) is 3.70. The normalized spacial score (nSPS) is 23.0. The largest absolute Gasteiger partial charge is 0.434 e. The van der Waals surface area contributed by atoms with Crippen LogP contribution < -0.4 is 0 Å². The molecule has 1 fully saturated rings. The second kappa shape index (κ2) is 6.62. The van der Waals surface area contributed by atoms with Crippen molar-refractivity contribution in [1.82, 2.24) is 9.80 Å². The van der Waals surface area contributed by atoms with E-state index in [0.29, 0.717) is 4.90 Å². The summed E-state index contributed by atoms with van der Waals surface area (Å²) in [6.45, 7) is 4.85. The number of amides is 1. The van der Waals surface area contributed by atoms with Crippen LogP contribution in [-0.4, -0.2) is 87.8 Å². The fourth-order valence-electron chi connectivity index (χ4n) is 2.56. The van der Waals surface area contributed by atoms with Gasteiger partial charge in [0.25, 0.3) is 6.10 Å². The van der Waals surface area contributed by atoms with Gasteiger partial charge in [0.15, 0.2) is 0 Å². The Bertz CT molecular complexity index is 493. The number of nitrogens with zero attached hydrogens (tertiary/aromatic N) is 2. The van der Waals surface area contributed by atoms with Crippen LogP contribution in [-0.2, 0) is 4.74 Å². The SMILES string of the molecule is [B]C1N(C(=O)OC(C(F)(F)F)C(F)(F)F)CCN(C(C)(C)C)C1([B])[B]. The van der Waals surface area contributed by atoms with E-state index in [1.807, 2.05) is 0 Å². The van der Waals surface area contributed by atoms with Crippen LogP contribution in [0.15, 0.2) is 0 Å². The average molecular weight is 366 g/mol. The number of hydrogen-bond acceptors (Lipinski definition) is 3. The summed E-state index contributed by atoms with van der Waals surface area (Å²) < 4.78 is 78.7. The van der Waals surface area contributed by atoms with Crippen LogP contribution in [0.1, 0.15) is 20.8 Å². The van der Waals surface area contributed by atoms with Gasteiger partial charge >= 0.3 is 18.4 Å². The van der Waals surface area contributed by atoms with Crippen LogP contribution in [0.3, 0.4) is 0 Å². The molecular formula is C12H15B3F6N2O2. The zero-order valence-electron chi connectivity index (χ0n) is 13.8. The molecule has 25 heavy (non-hydrogen) atoms. The molecule has 0 aliphatic carbocycles. The molecule has 1 unspecified atom stereocenters. The Labute approximate surface area is 145 Å². The molecule has 4 nitrogen and oxygen atoms in total. The number of alkyl halides is 6. The Morgan fingerprint density at radius 2 is 1.52 bits per heavy atom. The first-order chi connectivity index (χ1) is 10.9. The first-order valence-corrected chi connectivity index (χ1v) is 7.12. The highest BCUT2D eigenvalue weighted by Gasteiger charge is 2.60. The van der Waals surface area contributed by atoms with Crippen LogP contribution in [0.5, 0.6) is 0 Å². The number of hydrogen-bond donors (Lipinski definition) is 0. The lowest BCUT2D eigenvalue weighted by Gasteiger charge is -2.58. The third-order valence-electron chi connectivity index (χ3n) is 3.70. The van der Waals surface area contributed by atoms with Gasteiger partial charge < -0.3 is 14.5 Å². The second-order valence-corrected chi connectivity index (χ2v) is 6.70.